The number of carbonyl (C=O) groups excluding carboxylic acids is 1. The fraction of sp³-hybridized carbons (Fsp3) is 0.417. The highest BCUT2D eigenvalue weighted by Gasteiger charge is 2.11. The molecular formula is C12H14Br2ClNO. The van der Waals surface area contributed by atoms with Crippen LogP contribution in [0.2, 0.25) is 5.02 Å². The van der Waals surface area contributed by atoms with E-state index < -0.39 is 0 Å². The highest BCUT2D eigenvalue weighted by molar-refractivity contribution is 9.10. The highest BCUT2D eigenvalue weighted by atomic mass is 79.9. The van der Waals surface area contributed by atoms with Gasteiger partial charge in [-0.1, -0.05) is 50.4 Å². The fourth-order valence-electron chi connectivity index (χ4n) is 1.32. The molecule has 1 aromatic rings. The summed E-state index contributed by atoms with van der Waals surface area (Å²) in [4.78, 5) is 11.9. The van der Waals surface area contributed by atoms with Crippen LogP contribution < -0.4 is 5.32 Å². The van der Waals surface area contributed by atoms with Gasteiger partial charge in [-0.3, -0.25) is 4.79 Å². The normalized spacial score (nSPS) is 12.2. The number of halogens is 3. The van der Waals surface area contributed by atoms with Crippen LogP contribution in [-0.2, 0) is 0 Å². The number of hydrogen-bond donors (Lipinski definition) is 1. The zero-order valence-electron chi connectivity index (χ0n) is 9.47. The quantitative estimate of drug-likeness (QED) is 0.757. The summed E-state index contributed by atoms with van der Waals surface area (Å²) in [6.45, 7) is 2.76. The van der Waals surface area contributed by atoms with Crippen LogP contribution in [0.3, 0.4) is 0 Å². The van der Waals surface area contributed by atoms with E-state index in [0.29, 0.717) is 23.0 Å². The molecule has 1 unspecified atom stereocenters. The Morgan fingerprint density at radius 1 is 1.53 bits per heavy atom. The average molecular weight is 384 g/mol. The second-order valence-corrected chi connectivity index (χ2v) is 6.03. The standard InChI is InChI=1S/C12H14Br2ClNO/c1-8(4-5-13)7-16-12(17)10-6-9(14)2-3-11(10)15/h2-3,6,8H,4-5,7H2,1H3,(H,16,17). The van der Waals surface area contributed by atoms with Crippen molar-refractivity contribution in [1.29, 1.82) is 0 Å². The Balaban J connectivity index is 2.61. The van der Waals surface area contributed by atoms with E-state index in [1.807, 2.05) is 6.07 Å². The number of amides is 1. The van der Waals surface area contributed by atoms with Gasteiger partial charge in [0.25, 0.3) is 5.91 Å². The molecule has 17 heavy (non-hydrogen) atoms. The minimum atomic E-state index is -0.127. The summed E-state index contributed by atoms with van der Waals surface area (Å²) in [7, 11) is 0. The summed E-state index contributed by atoms with van der Waals surface area (Å²) in [5, 5.41) is 4.30. The molecule has 5 heteroatoms. The second kappa shape index (κ2) is 7.39. The lowest BCUT2D eigenvalue weighted by Crippen LogP contribution is -2.28. The molecule has 1 aromatic carbocycles. The molecule has 1 atom stereocenters. The van der Waals surface area contributed by atoms with E-state index in [-0.39, 0.29) is 5.91 Å². The lowest BCUT2D eigenvalue weighted by Gasteiger charge is -2.11. The van der Waals surface area contributed by atoms with Gasteiger partial charge in [-0.05, 0) is 30.5 Å². The van der Waals surface area contributed by atoms with Gasteiger partial charge in [-0.2, -0.15) is 0 Å². The third-order valence-corrected chi connectivity index (χ3v) is 3.67. The van der Waals surface area contributed by atoms with E-state index in [9.17, 15) is 4.79 Å². The summed E-state index contributed by atoms with van der Waals surface area (Å²) in [6, 6.07) is 5.25. The van der Waals surface area contributed by atoms with Crippen molar-refractivity contribution in [3.63, 3.8) is 0 Å². The van der Waals surface area contributed by atoms with E-state index >= 15 is 0 Å². The number of rotatable bonds is 5. The molecule has 2 nitrogen and oxygen atoms in total. The maximum Gasteiger partial charge on any atom is 0.252 e. The van der Waals surface area contributed by atoms with Gasteiger partial charge in [-0.15, -0.1) is 0 Å². The van der Waals surface area contributed by atoms with Crippen LogP contribution in [0.1, 0.15) is 23.7 Å². The molecule has 0 aromatic heterocycles. The molecule has 1 amide bonds. The predicted molar refractivity (Wildman–Crippen MR) is 79.1 cm³/mol. The number of alkyl halides is 1. The molecular weight excluding hydrogens is 369 g/mol. The van der Waals surface area contributed by atoms with Gasteiger partial charge >= 0.3 is 0 Å². The third-order valence-electron chi connectivity index (χ3n) is 2.39. The smallest absolute Gasteiger partial charge is 0.252 e. The van der Waals surface area contributed by atoms with Crippen LogP contribution >= 0.6 is 43.5 Å². The van der Waals surface area contributed by atoms with Crippen LogP contribution in [0, 0.1) is 5.92 Å². The van der Waals surface area contributed by atoms with Crippen molar-refractivity contribution in [2.45, 2.75) is 13.3 Å². The molecule has 0 heterocycles. The first-order chi connectivity index (χ1) is 8.04. The van der Waals surface area contributed by atoms with E-state index in [4.69, 9.17) is 11.6 Å². The largest absolute Gasteiger partial charge is 0.352 e. The van der Waals surface area contributed by atoms with Gasteiger partial charge < -0.3 is 5.32 Å². The van der Waals surface area contributed by atoms with Crippen LogP contribution in [0.4, 0.5) is 0 Å². The monoisotopic (exact) mass is 381 g/mol. The van der Waals surface area contributed by atoms with Crippen molar-refractivity contribution in [3.8, 4) is 0 Å². The minimum Gasteiger partial charge on any atom is -0.352 e. The summed E-state index contributed by atoms with van der Waals surface area (Å²) in [5.41, 5.74) is 0.507. The number of carbonyl (C=O) groups is 1. The summed E-state index contributed by atoms with van der Waals surface area (Å²) in [6.07, 6.45) is 1.03. The lowest BCUT2D eigenvalue weighted by atomic mass is 10.1. The second-order valence-electron chi connectivity index (χ2n) is 3.92. The summed E-state index contributed by atoms with van der Waals surface area (Å²) < 4.78 is 0.848. The Bertz CT molecular complexity index is 398. The Labute approximate surface area is 123 Å². The minimum absolute atomic E-state index is 0.127. The van der Waals surface area contributed by atoms with Crippen LogP contribution in [-0.4, -0.2) is 17.8 Å². The first kappa shape index (κ1) is 15.0. The Kier molecular flexibility index (Phi) is 6.52. The molecule has 0 bridgehead atoms. The van der Waals surface area contributed by atoms with Crippen molar-refractivity contribution >= 4 is 49.4 Å². The SMILES string of the molecule is CC(CCBr)CNC(=O)c1cc(Br)ccc1Cl. The van der Waals surface area contributed by atoms with E-state index in [1.165, 1.54) is 0 Å². The molecule has 0 aliphatic carbocycles. The number of nitrogens with one attached hydrogen (secondary N) is 1. The third kappa shape index (κ3) is 4.98. The molecule has 0 radical (unpaired) electrons. The maximum absolute atomic E-state index is 11.9. The van der Waals surface area contributed by atoms with Crippen molar-refractivity contribution in [2.75, 3.05) is 11.9 Å². The summed E-state index contributed by atoms with van der Waals surface area (Å²) in [5.74, 6) is 0.321. The van der Waals surface area contributed by atoms with Gasteiger partial charge in [0.05, 0.1) is 10.6 Å². The molecule has 0 saturated heterocycles. The molecule has 0 fully saturated rings. The van der Waals surface area contributed by atoms with E-state index in [2.05, 4.69) is 44.1 Å². The van der Waals surface area contributed by atoms with Crippen molar-refractivity contribution in [1.82, 2.24) is 5.32 Å². The average Bonchev–Trinajstić information content (AvgIpc) is 2.29. The number of hydrogen-bond acceptors (Lipinski definition) is 1. The first-order valence-corrected chi connectivity index (χ1v) is 7.63. The van der Waals surface area contributed by atoms with Gasteiger partial charge in [0.2, 0.25) is 0 Å². The van der Waals surface area contributed by atoms with Crippen LogP contribution in [0.25, 0.3) is 0 Å². The van der Waals surface area contributed by atoms with Gasteiger partial charge in [0, 0.05) is 16.3 Å². The van der Waals surface area contributed by atoms with Gasteiger partial charge in [0.1, 0.15) is 0 Å². The molecule has 0 saturated carbocycles. The van der Waals surface area contributed by atoms with Crippen molar-refractivity contribution in [3.05, 3.63) is 33.3 Å². The molecule has 0 aliphatic rings. The van der Waals surface area contributed by atoms with Crippen LogP contribution in [0.5, 0.6) is 0 Å². The zero-order chi connectivity index (χ0) is 12.8. The Hall–Kier alpha value is -0.0600. The molecule has 94 valence electrons. The predicted octanol–water partition coefficient (Wildman–Crippen LogP) is 4.25. The topological polar surface area (TPSA) is 29.1 Å². The van der Waals surface area contributed by atoms with Crippen molar-refractivity contribution in [2.24, 2.45) is 5.92 Å². The van der Waals surface area contributed by atoms with Gasteiger partial charge in [0.15, 0.2) is 0 Å². The Morgan fingerprint density at radius 3 is 2.88 bits per heavy atom. The molecule has 1 N–H and O–H groups in total. The molecule has 1 rings (SSSR count). The van der Waals surface area contributed by atoms with Gasteiger partial charge in [-0.25, -0.2) is 0 Å². The maximum atomic E-state index is 11.9. The van der Waals surface area contributed by atoms with Crippen molar-refractivity contribution < 1.29 is 4.79 Å². The van der Waals surface area contributed by atoms with E-state index in [1.54, 1.807) is 12.1 Å². The number of benzene rings is 1. The molecule has 0 aliphatic heterocycles. The molecule has 0 spiro atoms. The highest BCUT2D eigenvalue weighted by Crippen LogP contribution is 2.20. The van der Waals surface area contributed by atoms with Crippen LogP contribution in [0.15, 0.2) is 22.7 Å². The lowest BCUT2D eigenvalue weighted by molar-refractivity contribution is 0.0948. The zero-order valence-corrected chi connectivity index (χ0v) is 13.4. The summed E-state index contributed by atoms with van der Waals surface area (Å²) >= 11 is 12.7. The van der Waals surface area contributed by atoms with E-state index in [0.717, 1.165) is 16.2 Å². The Morgan fingerprint density at radius 2 is 2.24 bits per heavy atom. The first-order valence-electron chi connectivity index (χ1n) is 5.33. The fourth-order valence-corrected chi connectivity index (χ4v) is 2.67.